The largest absolute Gasteiger partial charge is 0.335 e. The van der Waals surface area contributed by atoms with E-state index < -0.39 is 0 Å². The molecule has 4 heterocycles. The van der Waals surface area contributed by atoms with Gasteiger partial charge >= 0.3 is 0 Å². The maximum absolute atomic E-state index is 4.66. The van der Waals surface area contributed by atoms with Crippen LogP contribution < -0.4 is 10.2 Å². The van der Waals surface area contributed by atoms with Crippen LogP contribution in [0.4, 0.5) is 5.95 Å². The first-order chi connectivity index (χ1) is 9.83. The van der Waals surface area contributed by atoms with Crippen molar-refractivity contribution in [2.75, 3.05) is 24.5 Å². The Kier molecular flexibility index (Phi) is 2.92. The van der Waals surface area contributed by atoms with Gasteiger partial charge in [0.05, 0.1) is 5.69 Å². The van der Waals surface area contributed by atoms with Gasteiger partial charge in [0.2, 0.25) is 5.95 Å². The van der Waals surface area contributed by atoms with Crippen molar-refractivity contribution in [2.45, 2.75) is 25.8 Å². The number of fused-ring (bicyclic) bond motifs is 1. The molecule has 2 aromatic heterocycles. The average molecular weight is 291 g/mol. The maximum Gasteiger partial charge on any atom is 0.245 e. The van der Waals surface area contributed by atoms with E-state index in [2.05, 4.69) is 35.0 Å². The second-order valence-corrected chi connectivity index (χ2v) is 6.25. The lowest BCUT2D eigenvalue weighted by Gasteiger charge is -2.36. The Bertz CT molecular complexity index is 606. The molecule has 0 amide bonds. The first-order valence-electron chi connectivity index (χ1n) is 7.02. The Morgan fingerprint density at radius 2 is 2.30 bits per heavy atom. The van der Waals surface area contributed by atoms with Crippen molar-refractivity contribution in [1.29, 1.82) is 0 Å². The molecular weight excluding hydrogens is 274 g/mol. The quantitative estimate of drug-likeness (QED) is 0.852. The van der Waals surface area contributed by atoms with Gasteiger partial charge in [-0.25, -0.2) is 0 Å². The van der Waals surface area contributed by atoms with Gasteiger partial charge in [0.15, 0.2) is 5.82 Å². The van der Waals surface area contributed by atoms with E-state index in [0.29, 0.717) is 6.04 Å². The lowest BCUT2D eigenvalue weighted by atomic mass is 9.92. The van der Waals surface area contributed by atoms with Gasteiger partial charge in [0.25, 0.3) is 0 Å². The molecule has 0 aliphatic carbocycles. The minimum atomic E-state index is 0.535. The minimum absolute atomic E-state index is 0.535. The molecule has 0 radical (unpaired) electrons. The van der Waals surface area contributed by atoms with Gasteiger partial charge in [-0.15, -0.1) is 10.2 Å². The summed E-state index contributed by atoms with van der Waals surface area (Å²) in [5.41, 5.74) is 0.900. The Hall–Kier alpha value is -1.54. The highest BCUT2D eigenvalue weighted by Crippen LogP contribution is 2.30. The van der Waals surface area contributed by atoms with Crippen molar-refractivity contribution in [1.82, 2.24) is 30.1 Å². The first-order valence-corrected chi connectivity index (χ1v) is 7.79. The van der Waals surface area contributed by atoms with E-state index in [0.717, 1.165) is 47.9 Å². The number of aromatic amines is 1. The normalized spacial score (nSPS) is 25.9. The second kappa shape index (κ2) is 4.78. The van der Waals surface area contributed by atoms with E-state index in [4.69, 9.17) is 0 Å². The number of hydrogen-bond donors (Lipinski definition) is 2. The molecule has 2 aliphatic rings. The molecule has 2 atom stereocenters. The van der Waals surface area contributed by atoms with Gasteiger partial charge < -0.3 is 10.2 Å². The van der Waals surface area contributed by atoms with Crippen molar-refractivity contribution in [3.63, 3.8) is 0 Å². The third kappa shape index (κ3) is 1.90. The lowest BCUT2D eigenvalue weighted by molar-refractivity contribution is 0.381. The summed E-state index contributed by atoms with van der Waals surface area (Å²) >= 11 is 1.36. The zero-order valence-corrected chi connectivity index (χ0v) is 12.2. The highest BCUT2D eigenvalue weighted by atomic mass is 32.1. The van der Waals surface area contributed by atoms with Crippen LogP contribution >= 0.6 is 11.5 Å². The number of H-pyrrole nitrogens is 1. The standard InChI is InChI=1S/C12H17N7S/c1-7-10(20-18-15-7)11-14-12(17-16-11)19-4-2-3-8-5-13-6-9(8)19/h8-9,13H,2-6H2,1H3,(H,14,16,17). The molecule has 106 valence electrons. The zero-order chi connectivity index (χ0) is 13.5. The topological polar surface area (TPSA) is 82.6 Å². The molecule has 2 N–H and O–H groups in total. The molecule has 4 rings (SSSR count). The Morgan fingerprint density at radius 1 is 1.35 bits per heavy atom. The fourth-order valence-electron chi connectivity index (χ4n) is 3.25. The number of aromatic nitrogens is 5. The third-order valence-electron chi connectivity index (χ3n) is 4.28. The SMILES string of the molecule is Cc1nnsc1-c1nc(N2CCCC3CNCC32)n[nH]1. The van der Waals surface area contributed by atoms with Gasteiger partial charge in [-0.1, -0.05) is 4.49 Å². The van der Waals surface area contributed by atoms with Crippen LogP contribution in [0.3, 0.4) is 0 Å². The summed E-state index contributed by atoms with van der Waals surface area (Å²) in [5.74, 6) is 2.32. The highest BCUT2D eigenvalue weighted by molar-refractivity contribution is 7.09. The van der Waals surface area contributed by atoms with Gasteiger partial charge in [-0.05, 0) is 37.2 Å². The summed E-state index contributed by atoms with van der Waals surface area (Å²) in [5, 5.41) is 15.0. The van der Waals surface area contributed by atoms with Crippen LogP contribution in [0.15, 0.2) is 0 Å². The summed E-state index contributed by atoms with van der Waals surface area (Å²) in [6.07, 6.45) is 2.52. The van der Waals surface area contributed by atoms with E-state index in [1.54, 1.807) is 0 Å². The molecule has 2 aliphatic heterocycles. The molecule has 0 aromatic carbocycles. The fraction of sp³-hybridized carbons (Fsp3) is 0.667. The molecule has 20 heavy (non-hydrogen) atoms. The Morgan fingerprint density at radius 3 is 3.15 bits per heavy atom. The van der Waals surface area contributed by atoms with Crippen molar-refractivity contribution in [2.24, 2.45) is 5.92 Å². The predicted molar refractivity (Wildman–Crippen MR) is 76.8 cm³/mol. The minimum Gasteiger partial charge on any atom is -0.335 e. The number of aryl methyl sites for hydroxylation is 1. The molecule has 0 bridgehead atoms. The van der Waals surface area contributed by atoms with Gasteiger partial charge in [-0.2, -0.15) is 4.98 Å². The molecule has 8 heteroatoms. The molecule has 2 unspecified atom stereocenters. The molecule has 2 fully saturated rings. The van der Waals surface area contributed by atoms with Crippen molar-refractivity contribution >= 4 is 17.5 Å². The Labute approximate surface area is 121 Å². The van der Waals surface area contributed by atoms with Crippen LogP contribution in [0.25, 0.3) is 10.7 Å². The van der Waals surface area contributed by atoms with Crippen LogP contribution in [0.1, 0.15) is 18.5 Å². The summed E-state index contributed by atoms with van der Waals surface area (Å²) < 4.78 is 3.95. The van der Waals surface area contributed by atoms with E-state index in [-0.39, 0.29) is 0 Å². The van der Waals surface area contributed by atoms with Crippen LogP contribution in [0.2, 0.25) is 0 Å². The number of nitrogens with one attached hydrogen (secondary N) is 2. The summed E-state index contributed by atoms with van der Waals surface area (Å²) in [6, 6.07) is 0.535. The van der Waals surface area contributed by atoms with Crippen molar-refractivity contribution in [3.8, 4) is 10.7 Å². The maximum atomic E-state index is 4.66. The van der Waals surface area contributed by atoms with Crippen LogP contribution in [0.5, 0.6) is 0 Å². The van der Waals surface area contributed by atoms with E-state index in [9.17, 15) is 0 Å². The Balaban J connectivity index is 1.63. The van der Waals surface area contributed by atoms with E-state index in [1.807, 2.05) is 6.92 Å². The summed E-state index contributed by atoms with van der Waals surface area (Å²) in [6.45, 7) is 5.14. The summed E-state index contributed by atoms with van der Waals surface area (Å²) in [4.78, 5) is 7.98. The molecule has 2 aromatic rings. The highest BCUT2D eigenvalue weighted by Gasteiger charge is 2.36. The van der Waals surface area contributed by atoms with Crippen LogP contribution in [-0.4, -0.2) is 50.4 Å². The van der Waals surface area contributed by atoms with E-state index in [1.165, 1.54) is 24.4 Å². The molecule has 7 nitrogen and oxygen atoms in total. The predicted octanol–water partition coefficient (Wildman–Crippen LogP) is 0.820. The molecular formula is C12H17N7S. The van der Waals surface area contributed by atoms with E-state index >= 15 is 0 Å². The lowest BCUT2D eigenvalue weighted by Crippen LogP contribution is -2.45. The summed E-state index contributed by atoms with van der Waals surface area (Å²) in [7, 11) is 0. The number of hydrogen-bond acceptors (Lipinski definition) is 7. The van der Waals surface area contributed by atoms with Crippen LogP contribution in [0, 0.1) is 12.8 Å². The molecule has 0 saturated carbocycles. The number of rotatable bonds is 2. The van der Waals surface area contributed by atoms with Gasteiger partial charge in [0, 0.05) is 25.7 Å². The van der Waals surface area contributed by atoms with Crippen molar-refractivity contribution in [3.05, 3.63) is 5.69 Å². The second-order valence-electron chi connectivity index (χ2n) is 5.49. The van der Waals surface area contributed by atoms with Gasteiger partial charge in [0.1, 0.15) is 4.88 Å². The zero-order valence-electron chi connectivity index (χ0n) is 11.3. The number of nitrogens with zero attached hydrogens (tertiary/aromatic N) is 5. The first kappa shape index (κ1) is 12.2. The van der Waals surface area contributed by atoms with Crippen molar-refractivity contribution < 1.29 is 0 Å². The third-order valence-corrected chi connectivity index (χ3v) is 5.11. The smallest absolute Gasteiger partial charge is 0.245 e. The monoisotopic (exact) mass is 291 g/mol. The number of piperidine rings is 1. The van der Waals surface area contributed by atoms with Gasteiger partial charge in [-0.3, -0.25) is 5.10 Å². The number of anilines is 1. The molecule has 2 saturated heterocycles. The molecule has 0 spiro atoms. The fourth-order valence-corrected chi connectivity index (χ4v) is 3.84. The average Bonchev–Trinajstić information content (AvgIpc) is 3.17. The van der Waals surface area contributed by atoms with Crippen LogP contribution in [-0.2, 0) is 0 Å².